The summed E-state index contributed by atoms with van der Waals surface area (Å²) in [5, 5.41) is 7.16. The van der Waals surface area contributed by atoms with E-state index in [1.165, 1.54) is 19.3 Å². The smallest absolute Gasteiger partial charge is 0.319 e. The lowest BCUT2D eigenvalue weighted by Gasteiger charge is -2.28. The van der Waals surface area contributed by atoms with Gasteiger partial charge in [0.15, 0.2) is 0 Å². The molecule has 0 spiro atoms. The number of thiazole rings is 1. The van der Waals surface area contributed by atoms with E-state index < -0.39 is 0 Å². The molecule has 2 bridgehead atoms. The summed E-state index contributed by atoms with van der Waals surface area (Å²) in [7, 11) is 0. The number of amides is 2. The van der Waals surface area contributed by atoms with E-state index in [4.69, 9.17) is 0 Å². The number of carbonyl (C=O) groups excluding carboxylic acids is 1. The molecule has 1 heterocycles. The van der Waals surface area contributed by atoms with Crippen LogP contribution in [0.25, 0.3) is 10.2 Å². The fourth-order valence-corrected chi connectivity index (χ4v) is 4.91. The third-order valence-corrected chi connectivity index (χ3v) is 5.92. The number of fused-ring (bicyclic) bond motifs is 3. The minimum atomic E-state index is -0.0856. The summed E-state index contributed by atoms with van der Waals surface area (Å²) in [6.45, 7) is 2.00. The number of aromatic nitrogens is 1. The fourth-order valence-electron chi connectivity index (χ4n) is 4.10. The highest BCUT2D eigenvalue weighted by Crippen LogP contribution is 2.41. The van der Waals surface area contributed by atoms with Crippen LogP contribution in [0.2, 0.25) is 0 Å². The van der Waals surface area contributed by atoms with Crippen molar-refractivity contribution in [2.45, 2.75) is 45.1 Å². The number of hydrogen-bond acceptors (Lipinski definition) is 3. The first-order valence-corrected chi connectivity index (χ1v) is 8.92. The monoisotopic (exact) mass is 315 g/mol. The zero-order valence-corrected chi connectivity index (χ0v) is 13.6. The molecule has 1 aromatic carbocycles. The van der Waals surface area contributed by atoms with Crippen molar-refractivity contribution in [3.05, 3.63) is 23.2 Å². The van der Waals surface area contributed by atoms with Crippen molar-refractivity contribution in [3.63, 3.8) is 0 Å². The van der Waals surface area contributed by atoms with Crippen LogP contribution in [-0.4, -0.2) is 17.1 Å². The van der Waals surface area contributed by atoms with Crippen LogP contribution in [0.15, 0.2) is 18.2 Å². The molecule has 5 heteroatoms. The second-order valence-corrected chi connectivity index (χ2v) is 7.96. The van der Waals surface area contributed by atoms with Crippen LogP contribution in [0.5, 0.6) is 0 Å². The summed E-state index contributed by atoms with van der Waals surface area (Å²) in [6.07, 6.45) is 6.37. The summed E-state index contributed by atoms with van der Waals surface area (Å²) in [5.41, 5.74) is 1.77. The molecule has 22 heavy (non-hydrogen) atoms. The molecule has 2 fully saturated rings. The van der Waals surface area contributed by atoms with Crippen LogP contribution in [0.3, 0.4) is 0 Å². The Morgan fingerprint density at radius 1 is 1.23 bits per heavy atom. The van der Waals surface area contributed by atoms with Crippen molar-refractivity contribution in [2.24, 2.45) is 11.8 Å². The number of carbonyl (C=O) groups is 1. The molecule has 0 radical (unpaired) electrons. The first-order valence-electron chi connectivity index (χ1n) is 8.10. The molecule has 0 aliphatic heterocycles. The largest absolute Gasteiger partial charge is 0.335 e. The topological polar surface area (TPSA) is 54.0 Å². The van der Waals surface area contributed by atoms with Crippen LogP contribution in [0.1, 0.15) is 37.1 Å². The van der Waals surface area contributed by atoms with E-state index in [0.29, 0.717) is 6.04 Å². The van der Waals surface area contributed by atoms with Crippen molar-refractivity contribution in [3.8, 4) is 0 Å². The SMILES string of the molecule is Cc1nc2cc(NC(=O)NC3CC4CCC(C4)C3)ccc2s1. The van der Waals surface area contributed by atoms with E-state index in [1.807, 2.05) is 25.1 Å². The highest BCUT2D eigenvalue weighted by Gasteiger charge is 2.34. The number of nitrogens with one attached hydrogen (secondary N) is 2. The summed E-state index contributed by atoms with van der Waals surface area (Å²) >= 11 is 1.68. The predicted molar refractivity (Wildman–Crippen MR) is 90.4 cm³/mol. The average Bonchev–Trinajstić information content (AvgIpc) is 2.99. The molecule has 4 rings (SSSR count). The standard InChI is InChI=1S/C17H21N3OS/c1-10-18-15-9-13(4-5-16(15)22-10)19-17(21)20-14-7-11-2-3-12(6-11)8-14/h4-5,9,11-12,14H,2-3,6-8H2,1H3,(H2,19,20,21). The number of urea groups is 1. The highest BCUT2D eigenvalue weighted by atomic mass is 32.1. The van der Waals surface area contributed by atoms with Crippen molar-refractivity contribution in [1.29, 1.82) is 0 Å². The van der Waals surface area contributed by atoms with Gasteiger partial charge in [-0.25, -0.2) is 9.78 Å². The minimum absolute atomic E-state index is 0.0856. The number of benzene rings is 1. The van der Waals surface area contributed by atoms with Gasteiger partial charge in [-0.15, -0.1) is 11.3 Å². The zero-order valence-electron chi connectivity index (χ0n) is 12.8. The van der Waals surface area contributed by atoms with Crippen LogP contribution in [-0.2, 0) is 0 Å². The van der Waals surface area contributed by atoms with Gasteiger partial charge in [-0.05, 0) is 56.2 Å². The Balaban J connectivity index is 1.40. The Kier molecular flexibility index (Phi) is 3.53. The third-order valence-electron chi connectivity index (χ3n) is 4.97. The maximum Gasteiger partial charge on any atom is 0.319 e. The van der Waals surface area contributed by atoms with Gasteiger partial charge in [0, 0.05) is 11.7 Å². The molecule has 2 amide bonds. The molecule has 2 atom stereocenters. The Bertz CT molecular complexity index is 699. The van der Waals surface area contributed by atoms with Crippen molar-refractivity contribution < 1.29 is 4.79 Å². The molecule has 1 aromatic heterocycles. The van der Waals surface area contributed by atoms with Crippen LogP contribution >= 0.6 is 11.3 Å². The van der Waals surface area contributed by atoms with Crippen LogP contribution in [0, 0.1) is 18.8 Å². The van der Waals surface area contributed by atoms with Crippen molar-refractivity contribution >= 4 is 33.3 Å². The van der Waals surface area contributed by atoms with Crippen LogP contribution in [0.4, 0.5) is 10.5 Å². The lowest BCUT2D eigenvalue weighted by molar-refractivity contribution is 0.235. The Labute approximate surface area is 134 Å². The van der Waals surface area contributed by atoms with Gasteiger partial charge in [0.25, 0.3) is 0 Å². The normalized spacial score (nSPS) is 27.0. The van der Waals surface area contributed by atoms with E-state index in [1.54, 1.807) is 11.3 Å². The van der Waals surface area contributed by atoms with Gasteiger partial charge >= 0.3 is 6.03 Å². The summed E-state index contributed by atoms with van der Waals surface area (Å²) in [4.78, 5) is 16.7. The lowest BCUT2D eigenvalue weighted by Crippen LogP contribution is -2.41. The van der Waals surface area contributed by atoms with Gasteiger partial charge in [0.2, 0.25) is 0 Å². The highest BCUT2D eigenvalue weighted by molar-refractivity contribution is 7.18. The summed E-state index contributed by atoms with van der Waals surface area (Å²) < 4.78 is 1.16. The number of aryl methyl sites for hydroxylation is 1. The third kappa shape index (κ3) is 2.82. The van der Waals surface area contributed by atoms with Gasteiger partial charge in [0.1, 0.15) is 0 Å². The van der Waals surface area contributed by atoms with E-state index >= 15 is 0 Å². The zero-order chi connectivity index (χ0) is 15.1. The van der Waals surface area contributed by atoms with Gasteiger partial charge in [0.05, 0.1) is 15.2 Å². The number of nitrogens with zero attached hydrogens (tertiary/aromatic N) is 1. The van der Waals surface area contributed by atoms with E-state index in [2.05, 4.69) is 15.6 Å². The first-order chi connectivity index (χ1) is 10.7. The van der Waals surface area contributed by atoms with Gasteiger partial charge in [-0.3, -0.25) is 0 Å². The van der Waals surface area contributed by atoms with Crippen molar-refractivity contribution in [1.82, 2.24) is 10.3 Å². The average molecular weight is 315 g/mol. The molecule has 0 saturated heterocycles. The Morgan fingerprint density at radius 2 is 2.00 bits per heavy atom. The van der Waals surface area contributed by atoms with Gasteiger partial charge < -0.3 is 10.6 Å². The maximum absolute atomic E-state index is 12.2. The lowest BCUT2D eigenvalue weighted by atomic mass is 9.85. The molecule has 4 nitrogen and oxygen atoms in total. The summed E-state index contributed by atoms with van der Waals surface area (Å²) in [6, 6.07) is 6.18. The molecule has 2 aliphatic rings. The molecule has 2 N–H and O–H groups in total. The molecule has 2 aromatic rings. The minimum Gasteiger partial charge on any atom is -0.335 e. The molecular weight excluding hydrogens is 294 g/mol. The molecule has 2 unspecified atom stereocenters. The predicted octanol–water partition coefficient (Wildman–Crippen LogP) is 4.30. The molecule has 2 aliphatic carbocycles. The van der Waals surface area contributed by atoms with E-state index in [0.717, 1.165) is 45.6 Å². The second-order valence-electron chi connectivity index (χ2n) is 6.73. The Morgan fingerprint density at radius 3 is 2.77 bits per heavy atom. The molecule has 2 saturated carbocycles. The molecule has 116 valence electrons. The second kappa shape index (κ2) is 5.54. The van der Waals surface area contributed by atoms with Gasteiger partial charge in [-0.1, -0.05) is 12.8 Å². The van der Waals surface area contributed by atoms with Crippen LogP contribution < -0.4 is 10.6 Å². The number of anilines is 1. The summed E-state index contributed by atoms with van der Waals surface area (Å²) in [5.74, 6) is 1.66. The quantitative estimate of drug-likeness (QED) is 0.868. The number of rotatable bonds is 2. The molecular formula is C17H21N3OS. The van der Waals surface area contributed by atoms with E-state index in [-0.39, 0.29) is 6.03 Å². The number of hydrogen-bond donors (Lipinski definition) is 2. The van der Waals surface area contributed by atoms with Gasteiger partial charge in [-0.2, -0.15) is 0 Å². The van der Waals surface area contributed by atoms with Crippen molar-refractivity contribution in [2.75, 3.05) is 5.32 Å². The fraction of sp³-hybridized carbons (Fsp3) is 0.529. The first kappa shape index (κ1) is 14.0. The maximum atomic E-state index is 12.2. The van der Waals surface area contributed by atoms with E-state index in [9.17, 15) is 4.79 Å². The Hall–Kier alpha value is -1.62.